The highest BCUT2D eigenvalue weighted by atomic mass is 32.2. The van der Waals surface area contributed by atoms with E-state index in [2.05, 4.69) is 15.5 Å². The average molecular weight is 328 g/mol. The molecule has 22 heavy (non-hydrogen) atoms. The summed E-state index contributed by atoms with van der Waals surface area (Å²) in [7, 11) is 0. The zero-order valence-electron chi connectivity index (χ0n) is 13.3. The fourth-order valence-corrected chi connectivity index (χ4v) is 2.95. The smallest absolute Gasteiger partial charge is 0.344 e. The molecular weight excluding hydrogens is 304 g/mol. The number of nitrogens with one attached hydrogen (secondary N) is 2. The lowest BCUT2D eigenvalue weighted by Gasteiger charge is -2.24. The van der Waals surface area contributed by atoms with Crippen LogP contribution in [0.1, 0.15) is 40.0 Å². The fraction of sp³-hybridized carbons (Fsp3) is 0.786. The predicted molar refractivity (Wildman–Crippen MR) is 85.1 cm³/mol. The molecule has 1 aromatic heterocycles. The number of hydrogen-bond acceptors (Lipinski definition) is 5. The van der Waals surface area contributed by atoms with E-state index in [-0.39, 0.29) is 29.0 Å². The van der Waals surface area contributed by atoms with Crippen molar-refractivity contribution in [2.24, 2.45) is 0 Å². The first-order valence-corrected chi connectivity index (χ1v) is 8.60. The molecule has 1 saturated heterocycles. The number of amides is 1. The number of nitrogens with zero attached hydrogens (tertiary/aromatic N) is 2. The second-order valence-electron chi connectivity index (χ2n) is 6.13. The molecule has 0 aliphatic carbocycles. The molecule has 0 spiro atoms. The van der Waals surface area contributed by atoms with Crippen LogP contribution < -0.4 is 11.0 Å². The molecular formula is C14H24N4O3S. The lowest BCUT2D eigenvalue weighted by atomic mass is 10.0. The lowest BCUT2D eigenvalue weighted by Crippen LogP contribution is -2.43. The highest BCUT2D eigenvalue weighted by Crippen LogP contribution is 2.18. The summed E-state index contributed by atoms with van der Waals surface area (Å²) >= 11 is 1.26. The number of hydrogen-bond donors (Lipinski definition) is 2. The maximum Gasteiger partial charge on any atom is 0.344 e. The van der Waals surface area contributed by atoms with E-state index in [9.17, 15) is 9.59 Å². The van der Waals surface area contributed by atoms with Gasteiger partial charge in [-0.25, -0.2) is 9.89 Å². The first-order chi connectivity index (χ1) is 10.4. The molecule has 1 aliphatic heterocycles. The van der Waals surface area contributed by atoms with Gasteiger partial charge in [-0.3, -0.25) is 9.36 Å². The van der Waals surface area contributed by atoms with Gasteiger partial charge in [0, 0.05) is 12.1 Å². The van der Waals surface area contributed by atoms with Crippen molar-refractivity contribution in [3.8, 4) is 0 Å². The van der Waals surface area contributed by atoms with Crippen LogP contribution in [0.2, 0.25) is 0 Å². The van der Waals surface area contributed by atoms with Gasteiger partial charge < -0.3 is 10.1 Å². The van der Waals surface area contributed by atoms with Crippen LogP contribution in [0.15, 0.2) is 9.95 Å². The molecule has 1 atom stereocenters. The minimum atomic E-state index is -0.257. The summed E-state index contributed by atoms with van der Waals surface area (Å²) in [5.41, 5.74) is -0.479. The van der Waals surface area contributed by atoms with Gasteiger partial charge in [0.25, 0.3) is 0 Å². The number of H-pyrrole nitrogens is 1. The molecule has 1 unspecified atom stereocenters. The minimum absolute atomic E-state index is 0.0579. The monoisotopic (exact) mass is 328 g/mol. The topological polar surface area (TPSA) is 89.0 Å². The molecule has 7 nitrogen and oxygen atoms in total. The van der Waals surface area contributed by atoms with Crippen molar-refractivity contribution >= 4 is 17.7 Å². The zero-order chi connectivity index (χ0) is 16.2. The Morgan fingerprint density at radius 1 is 1.59 bits per heavy atom. The van der Waals surface area contributed by atoms with Crippen LogP contribution in [0.3, 0.4) is 0 Å². The number of aromatic nitrogens is 3. The molecule has 0 radical (unpaired) electrons. The highest BCUT2D eigenvalue weighted by molar-refractivity contribution is 7.99. The Kier molecular flexibility index (Phi) is 5.69. The van der Waals surface area contributed by atoms with E-state index in [4.69, 9.17) is 4.74 Å². The normalized spacial score (nSPS) is 18.6. The summed E-state index contributed by atoms with van der Waals surface area (Å²) in [6.45, 7) is 7.23. The van der Waals surface area contributed by atoms with Gasteiger partial charge in [0.2, 0.25) is 5.91 Å². The van der Waals surface area contributed by atoms with Gasteiger partial charge in [0.1, 0.15) is 0 Å². The van der Waals surface area contributed by atoms with Crippen molar-refractivity contribution in [3.05, 3.63) is 10.5 Å². The Balaban J connectivity index is 1.92. The van der Waals surface area contributed by atoms with Crippen molar-refractivity contribution < 1.29 is 9.53 Å². The van der Waals surface area contributed by atoms with Crippen molar-refractivity contribution in [2.45, 2.75) is 63.4 Å². The maximum absolute atomic E-state index is 12.0. The standard InChI is InChI=1S/C14H24N4O3S/c1-4-14(2,3)15-11(19)9-22-13-17-16-12(20)18(13)8-10-6-5-7-21-10/h10H,4-9H2,1-3H3,(H,15,19)(H,16,20). The van der Waals surface area contributed by atoms with Crippen molar-refractivity contribution in [1.82, 2.24) is 20.1 Å². The predicted octanol–water partition coefficient (Wildman–Crippen LogP) is 1.15. The largest absolute Gasteiger partial charge is 0.376 e. The van der Waals surface area contributed by atoms with E-state index in [1.54, 1.807) is 4.57 Å². The summed E-state index contributed by atoms with van der Waals surface area (Å²) in [5, 5.41) is 9.94. The number of carbonyl (C=O) groups is 1. The van der Waals surface area contributed by atoms with Crippen LogP contribution in [-0.4, -0.2) is 44.7 Å². The molecule has 1 aliphatic rings. The second kappa shape index (κ2) is 7.32. The van der Waals surface area contributed by atoms with E-state index < -0.39 is 0 Å². The van der Waals surface area contributed by atoms with Crippen LogP contribution >= 0.6 is 11.8 Å². The van der Waals surface area contributed by atoms with Crippen LogP contribution in [0, 0.1) is 0 Å². The summed E-state index contributed by atoms with van der Waals surface area (Å²) in [5.74, 6) is 0.176. The van der Waals surface area contributed by atoms with Crippen LogP contribution in [-0.2, 0) is 16.1 Å². The fourth-order valence-electron chi connectivity index (χ4n) is 2.20. The lowest BCUT2D eigenvalue weighted by molar-refractivity contribution is -0.120. The number of thioether (sulfide) groups is 1. The molecule has 2 heterocycles. The van der Waals surface area contributed by atoms with Gasteiger partial charge in [0.15, 0.2) is 5.16 Å². The van der Waals surface area contributed by atoms with E-state index in [0.717, 1.165) is 25.9 Å². The third-order valence-electron chi connectivity index (χ3n) is 3.83. The summed E-state index contributed by atoms with van der Waals surface area (Å²) in [4.78, 5) is 23.8. The Morgan fingerprint density at radius 3 is 3.00 bits per heavy atom. The molecule has 2 N–H and O–H groups in total. The Hall–Kier alpha value is -1.28. The van der Waals surface area contributed by atoms with Gasteiger partial charge in [-0.1, -0.05) is 18.7 Å². The van der Waals surface area contributed by atoms with Crippen LogP contribution in [0.4, 0.5) is 0 Å². The van der Waals surface area contributed by atoms with Crippen molar-refractivity contribution in [3.63, 3.8) is 0 Å². The first kappa shape index (κ1) is 17.1. The molecule has 1 fully saturated rings. The number of rotatable bonds is 7. The molecule has 0 saturated carbocycles. The van der Waals surface area contributed by atoms with Crippen molar-refractivity contribution in [1.29, 1.82) is 0 Å². The molecule has 0 bridgehead atoms. The van der Waals surface area contributed by atoms with Gasteiger partial charge in [0.05, 0.1) is 18.4 Å². The average Bonchev–Trinajstić information content (AvgIpc) is 3.08. The molecule has 2 rings (SSSR count). The van der Waals surface area contributed by atoms with Gasteiger partial charge >= 0.3 is 5.69 Å². The quantitative estimate of drug-likeness (QED) is 0.733. The van der Waals surface area contributed by atoms with Gasteiger partial charge in [-0.15, -0.1) is 5.10 Å². The number of carbonyl (C=O) groups excluding carboxylic acids is 1. The third kappa shape index (κ3) is 4.61. The Labute approximate surface area is 134 Å². The Bertz CT molecular complexity index is 561. The molecule has 8 heteroatoms. The summed E-state index contributed by atoms with van der Waals surface area (Å²) in [6, 6.07) is 0. The van der Waals surface area contributed by atoms with E-state index in [0.29, 0.717) is 11.7 Å². The second-order valence-corrected chi connectivity index (χ2v) is 7.07. The summed E-state index contributed by atoms with van der Waals surface area (Å²) in [6.07, 6.45) is 2.89. The minimum Gasteiger partial charge on any atom is -0.376 e. The van der Waals surface area contributed by atoms with Crippen LogP contribution in [0.25, 0.3) is 0 Å². The zero-order valence-corrected chi connectivity index (χ0v) is 14.2. The van der Waals surface area contributed by atoms with Crippen molar-refractivity contribution in [2.75, 3.05) is 12.4 Å². The SMILES string of the molecule is CCC(C)(C)NC(=O)CSc1n[nH]c(=O)n1CC1CCCO1. The Morgan fingerprint density at radius 2 is 2.36 bits per heavy atom. The van der Waals surface area contributed by atoms with Gasteiger partial charge in [-0.05, 0) is 33.1 Å². The number of ether oxygens (including phenoxy) is 1. The molecule has 124 valence electrons. The first-order valence-electron chi connectivity index (χ1n) is 7.62. The van der Waals surface area contributed by atoms with E-state index >= 15 is 0 Å². The molecule has 1 aromatic rings. The van der Waals surface area contributed by atoms with E-state index in [1.807, 2.05) is 20.8 Å². The maximum atomic E-state index is 12.0. The summed E-state index contributed by atoms with van der Waals surface area (Å²) < 4.78 is 7.11. The molecule has 0 aromatic carbocycles. The van der Waals surface area contributed by atoms with Crippen LogP contribution in [0.5, 0.6) is 0 Å². The van der Waals surface area contributed by atoms with E-state index in [1.165, 1.54) is 11.8 Å². The number of aromatic amines is 1. The van der Waals surface area contributed by atoms with Gasteiger partial charge in [-0.2, -0.15) is 0 Å². The third-order valence-corrected chi connectivity index (χ3v) is 4.80. The molecule has 1 amide bonds. The highest BCUT2D eigenvalue weighted by Gasteiger charge is 2.21.